The minimum absolute atomic E-state index is 0.686. The molecule has 0 spiro atoms. The van der Waals surface area contributed by atoms with E-state index in [2.05, 4.69) is 13.0 Å². The van der Waals surface area contributed by atoms with Crippen LogP contribution in [0.15, 0.2) is 36.4 Å². The van der Waals surface area contributed by atoms with E-state index in [1.165, 1.54) is 5.56 Å². The Morgan fingerprint density at radius 2 is 1.65 bits per heavy atom. The van der Waals surface area contributed by atoms with E-state index in [-0.39, 0.29) is 0 Å². The maximum atomic E-state index is 10.6. The van der Waals surface area contributed by atoms with Crippen molar-refractivity contribution in [2.75, 3.05) is 5.73 Å². The third kappa shape index (κ3) is 2.21. The van der Waals surface area contributed by atoms with E-state index in [1.807, 2.05) is 37.3 Å². The van der Waals surface area contributed by atoms with Gasteiger partial charge < -0.3 is 5.73 Å². The average Bonchev–Trinajstić information content (AvgIpc) is 2.35. The van der Waals surface area contributed by atoms with Crippen molar-refractivity contribution in [3.05, 3.63) is 53.1 Å². The molecule has 0 aliphatic carbocycles. The van der Waals surface area contributed by atoms with Crippen molar-refractivity contribution in [3.8, 4) is 11.1 Å². The number of aldehydes is 1. The summed E-state index contributed by atoms with van der Waals surface area (Å²) in [5.41, 5.74) is 11.9. The third-order valence-corrected chi connectivity index (χ3v) is 3.09. The molecule has 2 N–H and O–H groups in total. The topological polar surface area (TPSA) is 43.1 Å². The number of benzene rings is 2. The van der Waals surface area contributed by atoms with E-state index in [1.54, 1.807) is 0 Å². The van der Waals surface area contributed by atoms with Crippen LogP contribution in [-0.4, -0.2) is 6.29 Å². The molecule has 86 valence electrons. The molecule has 0 saturated carbocycles. The molecule has 0 atom stereocenters. The van der Waals surface area contributed by atoms with Crippen LogP contribution in [0.4, 0.5) is 5.69 Å². The van der Waals surface area contributed by atoms with Crippen molar-refractivity contribution in [1.29, 1.82) is 0 Å². The Bertz CT molecular complexity index is 533. The van der Waals surface area contributed by atoms with Gasteiger partial charge in [-0.1, -0.05) is 30.3 Å². The molecular formula is C15H15NO. The lowest BCUT2D eigenvalue weighted by Gasteiger charge is -2.09. The molecule has 0 amide bonds. The van der Waals surface area contributed by atoms with Gasteiger partial charge in [-0.05, 0) is 42.2 Å². The van der Waals surface area contributed by atoms with Crippen LogP contribution in [-0.2, 0) is 0 Å². The number of nitrogen functional groups attached to an aromatic ring is 1. The monoisotopic (exact) mass is 225 g/mol. The van der Waals surface area contributed by atoms with E-state index >= 15 is 0 Å². The second-order valence-electron chi connectivity index (χ2n) is 4.25. The van der Waals surface area contributed by atoms with Crippen molar-refractivity contribution >= 4 is 12.0 Å². The Balaban J connectivity index is 2.49. The molecule has 0 heterocycles. The molecule has 0 radical (unpaired) electrons. The van der Waals surface area contributed by atoms with E-state index < -0.39 is 0 Å². The highest BCUT2D eigenvalue weighted by atomic mass is 16.1. The summed E-state index contributed by atoms with van der Waals surface area (Å²) in [5.74, 6) is 0. The molecule has 2 rings (SSSR count). The summed E-state index contributed by atoms with van der Waals surface area (Å²) in [6, 6.07) is 11.6. The fraction of sp³-hybridized carbons (Fsp3) is 0.133. The van der Waals surface area contributed by atoms with E-state index in [9.17, 15) is 4.79 Å². The highest BCUT2D eigenvalue weighted by molar-refractivity contribution is 5.77. The lowest BCUT2D eigenvalue weighted by atomic mass is 9.98. The first-order chi connectivity index (χ1) is 8.11. The zero-order valence-corrected chi connectivity index (χ0v) is 10.0. The summed E-state index contributed by atoms with van der Waals surface area (Å²) in [6.07, 6.45) is 0.846. The summed E-state index contributed by atoms with van der Waals surface area (Å²) in [4.78, 5) is 10.6. The molecular weight excluding hydrogens is 210 g/mol. The van der Waals surface area contributed by atoms with Gasteiger partial charge in [0, 0.05) is 11.3 Å². The average molecular weight is 225 g/mol. The molecule has 2 aromatic carbocycles. The summed E-state index contributed by atoms with van der Waals surface area (Å²) < 4.78 is 0. The Kier molecular flexibility index (Phi) is 2.96. The van der Waals surface area contributed by atoms with Crippen LogP contribution < -0.4 is 5.73 Å². The van der Waals surface area contributed by atoms with Crippen LogP contribution in [0.25, 0.3) is 11.1 Å². The Morgan fingerprint density at radius 1 is 1.00 bits per heavy atom. The number of anilines is 1. The summed E-state index contributed by atoms with van der Waals surface area (Å²) in [5, 5.41) is 0. The molecule has 0 saturated heterocycles. The van der Waals surface area contributed by atoms with Crippen molar-refractivity contribution in [1.82, 2.24) is 0 Å². The lowest BCUT2D eigenvalue weighted by molar-refractivity contribution is 0.112. The van der Waals surface area contributed by atoms with Gasteiger partial charge in [-0.2, -0.15) is 0 Å². The van der Waals surface area contributed by atoms with Crippen LogP contribution in [0.5, 0.6) is 0 Å². The number of carbonyl (C=O) groups is 1. The molecule has 0 fully saturated rings. The van der Waals surface area contributed by atoms with Crippen molar-refractivity contribution in [3.63, 3.8) is 0 Å². The van der Waals surface area contributed by atoms with Crippen molar-refractivity contribution in [2.45, 2.75) is 13.8 Å². The molecule has 2 aromatic rings. The molecule has 0 aliphatic rings. The van der Waals surface area contributed by atoms with Gasteiger partial charge in [-0.25, -0.2) is 0 Å². The molecule has 0 unspecified atom stereocenters. The van der Waals surface area contributed by atoms with Gasteiger partial charge in [0.1, 0.15) is 6.29 Å². The molecule has 0 bridgehead atoms. The van der Waals surface area contributed by atoms with Gasteiger partial charge in [-0.15, -0.1) is 0 Å². The minimum atomic E-state index is 0.686. The van der Waals surface area contributed by atoms with Gasteiger partial charge in [0.05, 0.1) is 0 Å². The highest BCUT2D eigenvalue weighted by Gasteiger charge is 2.03. The fourth-order valence-corrected chi connectivity index (χ4v) is 1.81. The first-order valence-corrected chi connectivity index (χ1v) is 5.54. The second-order valence-corrected chi connectivity index (χ2v) is 4.25. The largest absolute Gasteiger partial charge is 0.398 e. The van der Waals surface area contributed by atoms with E-state index in [4.69, 9.17) is 5.73 Å². The van der Waals surface area contributed by atoms with Gasteiger partial charge >= 0.3 is 0 Å². The van der Waals surface area contributed by atoms with Crippen molar-refractivity contribution in [2.24, 2.45) is 0 Å². The quantitative estimate of drug-likeness (QED) is 0.629. The van der Waals surface area contributed by atoms with Crippen LogP contribution in [0, 0.1) is 13.8 Å². The maximum absolute atomic E-state index is 10.6. The van der Waals surface area contributed by atoms with E-state index in [0.29, 0.717) is 5.56 Å². The number of hydrogen-bond donors (Lipinski definition) is 1. The number of rotatable bonds is 2. The maximum Gasteiger partial charge on any atom is 0.150 e. The number of carbonyl (C=O) groups excluding carboxylic acids is 1. The van der Waals surface area contributed by atoms with E-state index in [0.717, 1.165) is 28.7 Å². The molecule has 0 aromatic heterocycles. The summed E-state index contributed by atoms with van der Waals surface area (Å²) in [7, 11) is 0. The van der Waals surface area contributed by atoms with Crippen LogP contribution >= 0.6 is 0 Å². The van der Waals surface area contributed by atoms with Crippen LogP contribution in [0.2, 0.25) is 0 Å². The number of hydrogen-bond acceptors (Lipinski definition) is 2. The summed E-state index contributed by atoms with van der Waals surface area (Å²) >= 11 is 0. The predicted octanol–water partition coefficient (Wildman–Crippen LogP) is 3.37. The normalized spacial score (nSPS) is 10.2. The number of nitrogens with two attached hydrogens (primary N) is 1. The summed E-state index contributed by atoms with van der Waals surface area (Å²) in [6.45, 7) is 4.07. The van der Waals surface area contributed by atoms with Gasteiger partial charge in [0.25, 0.3) is 0 Å². The lowest BCUT2D eigenvalue weighted by Crippen LogP contribution is -1.93. The third-order valence-electron chi connectivity index (χ3n) is 3.09. The fourth-order valence-electron chi connectivity index (χ4n) is 1.81. The molecule has 17 heavy (non-hydrogen) atoms. The van der Waals surface area contributed by atoms with Gasteiger partial charge in [0.15, 0.2) is 0 Å². The molecule has 2 nitrogen and oxygen atoms in total. The van der Waals surface area contributed by atoms with Crippen LogP contribution in [0.1, 0.15) is 21.5 Å². The second kappa shape index (κ2) is 4.42. The van der Waals surface area contributed by atoms with Crippen LogP contribution in [0.3, 0.4) is 0 Å². The Morgan fingerprint density at radius 3 is 2.18 bits per heavy atom. The Labute approximate surface area is 101 Å². The van der Waals surface area contributed by atoms with Gasteiger partial charge in [0.2, 0.25) is 0 Å². The standard InChI is InChI=1S/C15H15NO/c1-10-7-14(8-15(16)11(10)2)13-5-3-12(9-17)4-6-13/h3-9H,16H2,1-2H3. The predicted molar refractivity (Wildman–Crippen MR) is 71.2 cm³/mol. The SMILES string of the molecule is Cc1cc(-c2ccc(C=O)cc2)cc(N)c1C. The smallest absolute Gasteiger partial charge is 0.150 e. The Hall–Kier alpha value is -2.09. The molecule has 2 heteroatoms. The highest BCUT2D eigenvalue weighted by Crippen LogP contribution is 2.26. The zero-order valence-electron chi connectivity index (χ0n) is 10.0. The van der Waals surface area contributed by atoms with Crippen molar-refractivity contribution < 1.29 is 4.79 Å². The first kappa shape index (κ1) is 11.4. The number of aryl methyl sites for hydroxylation is 1. The zero-order chi connectivity index (χ0) is 12.4. The molecule has 0 aliphatic heterocycles. The van der Waals surface area contributed by atoms with Gasteiger partial charge in [-0.3, -0.25) is 4.79 Å². The minimum Gasteiger partial charge on any atom is -0.398 e. The first-order valence-electron chi connectivity index (χ1n) is 5.54.